The predicted octanol–water partition coefficient (Wildman–Crippen LogP) is 1.33. The largest absolute Gasteiger partial charge is 0.480 e. The molecule has 2 fully saturated rings. The molecule has 2 aliphatic rings. The van der Waals surface area contributed by atoms with Gasteiger partial charge in [0.05, 0.1) is 5.56 Å². The third-order valence-corrected chi connectivity index (χ3v) is 4.60. The van der Waals surface area contributed by atoms with Gasteiger partial charge in [-0.25, -0.2) is 4.79 Å². The molecular formula is C16H21N3O4. The zero-order chi connectivity index (χ0) is 16.4. The van der Waals surface area contributed by atoms with Gasteiger partial charge in [-0.3, -0.25) is 9.59 Å². The highest BCUT2D eigenvalue weighted by atomic mass is 16.4. The topological polar surface area (TPSA) is 93.7 Å². The summed E-state index contributed by atoms with van der Waals surface area (Å²) < 4.78 is 0. The lowest BCUT2D eigenvalue weighted by molar-refractivity contribution is -0.143. The van der Waals surface area contributed by atoms with E-state index in [1.54, 1.807) is 4.90 Å². The van der Waals surface area contributed by atoms with Crippen LogP contribution in [0.3, 0.4) is 0 Å². The van der Waals surface area contributed by atoms with Crippen molar-refractivity contribution in [2.75, 3.05) is 19.6 Å². The summed E-state index contributed by atoms with van der Waals surface area (Å²) in [4.78, 5) is 42.2. The Morgan fingerprint density at radius 1 is 1.04 bits per heavy atom. The third-order valence-electron chi connectivity index (χ3n) is 4.60. The van der Waals surface area contributed by atoms with Gasteiger partial charge in [-0.15, -0.1) is 0 Å². The Morgan fingerprint density at radius 2 is 1.74 bits per heavy atom. The zero-order valence-corrected chi connectivity index (χ0v) is 13.0. The van der Waals surface area contributed by atoms with Gasteiger partial charge in [0.15, 0.2) is 0 Å². The first-order chi connectivity index (χ1) is 11.1. The standard InChI is InChI=1S/C16H21N3O4/c20-14(19-8-2-1-5-13(19)16(22)23)11-9-12(17-10-11)15(21)18-6-3-4-7-18/h9-10,13,17H,1-8H2,(H,22,23). The minimum absolute atomic E-state index is 0.102. The van der Waals surface area contributed by atoms with Crippen molar-refractivity contribution in [3.05, 3.63) is 23.5 Å². The lowest BCUT2D eigenvalue weighted by Crippen LogP contribution is -2.47. The summed E-state index contributed by atoms with van der Waals surface area (Å²) in [6, 6.07) is 0.764. The summed E-state index contributed by atoms with van der Waals surface area (Å²) >= 11 is 0. The lowest BCUT2D eigenvalue weighted by Gasteiger charge is -2.32. The van der Waals surface area contributed by atoms with Gasteiger partial charge < -0.3 is 19.9 Å². The van der Waals surface area contributed by atoms with E-state index in [2.05, 4.69) is 4.98 Å². The van der Waals surface area contributed by atoms with Gasteiger partial charge in [0, 0.05) is 25.8 Å². The van der Waals surface area contributed by atoms with E-state index in [4.69, 9.17) is 0 Å². The highest BCUT2D eigenvalue weighted by Crippen LogP contribution is 2.21. The number of aromatic nitrogens is 1. The number of carboxylic acid groups (broad SMARTS) is 1. The molecule has 2 N–H and O–H groups in total. The number of carboxylic acids is 1. The fourth-order valence-electron chi connectivity index (χ4n) is 3.33. The van der Waals surface area contributed by atoms with Crippen molar-refractivity contribution in [3.8, 4) is 0 Å². The molecule has 2 amide bonds. The molecule has 23 heavy (non-hydrogen) atoms. The number of likely N-dealkylation sites (tertiary alicyclic amines) is 2. The van der Waals surface area contributed by atoms with Gasteiger partial charge in [-0.2, -0.15) is 0 Å². The van der Waals surface area contributed by atoms with Gasteiger partial charge in [-0.1, -0.05) is 0 Å². The SMILES string of the molecule is O=C(O)C1CCCCN1C(=O)c1c[nH]c(C(=O)N2CCCC2)c1. The summed E-state index contributed by atoms with van der Waals surface area (Å²) in [7, 11) is 0. The van der Waals surface area contributed by atoms with Crippen molar-refractivity contribution >= 4 is 17.8 Å². The molecular weight excluding hydrogens is 298 g/mol. The summed E-state index contributed by atoms with van der Waals surface area (Å²) in [5, 5.41) is 9.28. The number of carbonyl (C=O) groups is 3. The molecule has 3 rings (SSSR count). The molecule has 7 heteroatoms. The number of hydrogen-bond donors (Lipinski definition) is 2. The minimum Gasteiger partial charge on any atom is -0.480 e. The van der Waals surface area contributed by atoms with Crippen LogP contribution in [0.2, 0.25) is 0 Å². The van der Waals surface area contributed by atoms with Gasteiger partial charge in [0.2, 0.25) is 0 Å². The van der Waals surface area contributed by atoms with Crippen LogP contribution >= 0.6 is 0 Å². The van der Waals surface area contributed by atoms with Crippen molar-refractivity contribution in [3.63, 3.8) is 0 Å². The summed E-state index contributed by atoms with van der Waals surface area (Å²) in [5.41, 5.74) is 0.736. The summed E-state index contributed by atoms with van der Waals surface area (Å²) in [6.45, 7) is 1.93. The van der Waals surface area contributed by atoms with Crippen molar-refractivity contribution < 1.29 is 19.5 Å². The molecule has 3 heterocycles. The van der Waals surface area contributed by atoms with E-state index in [-0.39, 0.29) is 11.8 Å². The Balaban J connectivity index is 1.75. The Morgan fingerprint density at radius 3 is 2.43 bits per heavy atom. The second kappa shape index (κ2) is 6.44. The molecule has 0 spiro atoms. The van der Waals surface area contributed by atoms with E-state index >= 15 is 0 Å². The van der Waals surface area contributed by atoms with Gasteiger partial charge >= 0.3 is 5.97 Å². The van der Waals surface area contributed by atoms with E-state index in [0.29, 0.717) is 24.2 Å². The normalized spacial score (nSPS) is 21.5. The number of aromatic amines is 1. The van der Waals surface area contributed by atoms with Crippen LogP contribution < -0.4 is 0 Å². The summed E-state index contributed by atoms with van der Waals surface area (Å²) in [5.74, 6) is -1.40. The van der Waals surface area contributed by atoms with Crippen LogP contribution in [0.1, 0.15) is 53.0 Å². The fourth-order valence-corrected chi connectivity index (χ4v) is 3.33. The minimum atomic E-state index is -0.970. The molecule has 124 valence electrons. The number of hydrogen-bond acceptors (Lipinski definition) is 3. The van der Waals surface area contributed by atoms with Crippen LogP contribution in [0.4, 0.5) is 0 Å². The highest BCUT2D eigenvalue weighted by molar-refractivity contribution is 6.00. The van der Waals surface area contributed by atoms with Crippen molar-refractivity contribution in [1.29, 1.82) is 0 Å². The van der Waals surface area contributed by atoms with Crippen LogP contribution in [0.25, 0.3) is 0 Å². The smallest absolute Gasteiger partial charge is 0.326 e. The molecule has 0 aromatic carbocycles. The van der Waals surface area contributed by atoms with E-state index in [0.717, 1.165) is 38.8 Å². The second-order valence-corrected chi connectivity index (χ2v) is 6.15. The predicted molar refractivity (Wildman–Crippen MR) is 82.2 cm³/mol. The quantitative estimate of drug-likeness (QED) is 0.879. The van der Waals surface area contributed by atoms with Crippen molar-refractivity contribution in [2.24, 2.45) is 0 Å². The first-order valence-corrected chi connectivity index (χ1v) is 8.09. The Labute approximate surface area is 134 Å². The second-order valence-electron chi connectivity index (χ2n) is 6.15. The number of carbonyl (C=O) groups excluding carboxylic acids is 2. The average Bonchev–Trinajstić information content (AvgIpc) is 3.25. The molecule has 2 aliphatic heterocycles. The number of nitrogens with one attached hydrogen (secondary N) is 1. The molecule has 0 saturated carbocycles. The maximum atomic E-state index is 12.6. The number of amides is 2. The zero-order valence-electron chi connectivity index (χ0n) is 13.0. The number of nitrogens with zero attached hydrogens (tertiary/aromatic N) is 2. The maximum Gasteiger partial charge on any atom is 0.326 e. The molecule has 1 aromatic heterocycles. The molecule has 1 unspecified atom stereocenters. The van der Waals surface area contributed by atoms with Crippen LogP contribution in [-0.4, -0.2) is 63.4 Å². The monoisotopic (exact) mass is 319 g/mol. The molecule has 0 bridgehead atoms. The van der Waals surface area contributed by atoms with Crippen LogP contribution in [-0.2, 0) is 4.79 Å². The van der Waals surface area contributed by atoms with E-state index < -0.39 is 12.0 Å². The lowest BCUT2D eigenvalue weighted by atomic mass is 10.0. The number of piperidine rings is 1. The molecule has 1 aromatic rings. The van der Waals surface area contributed by atoms with Crippen LogP contribution in [0.15, 0.2) is 12.3 Å². The molecule has 0 radical (unpaired) electrons. The molecule has 7 nitrogen and oxygen atoms in total. The third kappa shape index (κ3) is 3.09. The van der Waals surface area contributed by atoms with Gasteiger partial charge in [0.25, 0.3) is 11.8 Å². The van der Waals surface area contributed by atoms with E-state index in [1.807, 2.05) is 0 Å². The van der Waals surface area contributed by atoms with Crippen molar-refractivity contribution in [1.82, 2.24) is 14.8 Å². The Kier molecular flexibility index (Phi) is 4.36. The van der Waals surface area contributed by atoms with Crippen LogP contribution in [0.5, 0.6) is 0 Å². The maximum absolute atomic E-state index is 12.6. The molecule has 0 aliphatic carbocycles. The van der Waals surface area contributed by atoms with E-state index in [9.17, 15) is 19.5 Å². The molecule has 2 saturated heterocycles. The number of aliphatic carboxylic acids is 1. The van der Waals surface area contributed by atoms with Gasteiger partial charge in [-0.05, 0) is 38.2 Å². The fraction of sp³-hybridized carbons (Fsp3) is 0.562. The first-order valence-electron chi connectivity index (χ1n) is 8.09. The highest BCUT2D eigenvalue weighted by Gasteiger charge is 2.33. The van der Waals surface area contributed by atoms with E-state index in [1.165, 1.54) is 17.2 Å². The number of H-pyrrole nitrogens is 1. The first kappa shape index (κ1) is 15.6. The summed E-state index contributed by atoms with van der Waals surface area (Å²) in [6.07, 6.45) is 5.61. The average molecular weight is 319 g/mol. The van der Waals surface area contributed by atoms with Crippen LogP contribution in [0, 0.1) is 0 Å². The molecule has 1 atom stereocenters. The van der Waals surface area contributed by atoms with Gasteiger partial charge in [0.1, 0.15) is 11.7 Å². The Bertz CT molecular complexity index is 619. The number of rotatable bonds is 3. The van der Waals surface area contributed by atoms with Crippen molar-refractivity contribution in [2.45, 2.75) is 38.1 Å². The Hall–Kier alpha value is -2.31.